The summed E-state index contributed by atoms with van der Waals surface area (Å²) < 4.78 is 6.89. The average molecular weight is 353 g/mol. The highest BCUT2D eigenvalue weighted by atomic mass is 16.5. The monoisotopic (exact) mass is 353 g/mol. The third kappa shape index (κ3) is 3.86. The van der Waals surface area contributed by atoms with Crippen LogP contribution in [0, 0.1) is 6.92 Å². The second-order valence-electron chi connectivity index (χ2n) is 6.68. The van der Waals surface area contributed by atoms with E-state index in [0.29, 0.717) is 17.8 Å². The number of aliphatic hydroxyl groups is 1. The number of hydrogen-bond donors (Lipinski definition) is 2. The van der Waals surface area contributed by atoms with E-state index in [2.05, 4.69) is 10.3 Å². The van der Waals surface area contributed by atoms with Crippen LogP contribution in [0.15, 0.2) is 48.7 Å². The Labute approximate surface area is 152 Å². The maximum atomic E-state index is 12.6. The van der Waals surface area contributed by atoms with Gasteiger partial charge in [-0.3, -0.25) is 9.20 Å². The fourth-order valence-electron chi connectivity index (χ4n) is 2.99. The standard InChI is InChI=1S/C20H23N3O3/c1-14-18(23-11-5-4-6-17(23)22-14)19(24)21-13-20(2,25)12-15-7-9-16(26-3)10-8-15/h4-11,25H,12-13H2,1-3H3,(H,21,24)/t20-/m0/s1. The molecule has 0 saturated carbocycles. The van der Waals surface area contributed by atoms with Gasteiger partial charge in [0.05, 0.1) is 18.4 Å². The molecule has 2 N–H and O–H groups in total. The number of rotatable bonds is 6. The number of imidazole rings is 1. The van der Waals surface area contributed by atoms with Crippen LogP contribution in [-0.2, 0) is 6.42 Å². The Balaban J connectivity index is 1.68. The van der Waals surface area contributed by atoms with Crippen LogP contribution in [0.1, 0.15) is 28.7 Å². The molecule has 0 aliphatic heterocycles. The Bertz CT molecular complexity index is 914. The number of aromatic nitrogens is 2. The minimum atomic E-state index is -1.07. The van der Waals surface area contributed by atoms with Crippen molar-refractivity contribution in [2.24, 2.45) is 0 Å². The lowest BCUT2D eigenvalue weighted by molar-refractivity contribution is 0.0550. The van der Waals surface area contributed by atoms with Crippen LogP contribution >= 0.6 is 0 Å². The van der Waals surface area contributed by atoms with Crippen molar-refractivity contribution in [1.29, 1.82) is 0 Å². The third-order valence-electron chi connectivity index (χ3n) is 4.29. The van der Waals surface area contributed by atoms with Gasteiger partial charge in [-0.15, -0.1) is 0 Å². The maximum absolute atomic E-state index is 12.6. The van der Waals surface area contributed by atoms with Crippen molar-refractivity contribution in [2.45, 2.75) is 25.9 Å². The number of benzene rings is 1. The predicted molar refractivity (Wildman–Crippen MR) is 99.6 cm³/mol. The molecule has 0 saturated heterocycles. The van der Waals surface area contributed by atoms with E-state index in [1.807, 2.05) is 42.5 Å². The van der Waals surface area contributed by atoms with Crippen molar-refractivity contribution in [1.82, 2.24) is 14.7 Å². The molecule has 0 radical (unpaired) electrons. The van der Waals surface area contributed by atoms with Gasteiger partial charge in [-0.25, -0.2) is 4.98 Å². The van der Waals surface area contributed by atoms with Gasteiger partial charge in [-0.1, -0.05) is 18.2 Å². The van der Waals surface area contributed by atoms with Crippen LogP contribution in [0.5, 0.6) is 5.75 Å². The number of fused-ring (bicyclic) bond motifs is 1. The summed E-state index contributed by atoms with van der Waals surface area (Å²) in [7, 11) is 1.61. The molecule has 1 atom stereocenters. The minimum Gasteiger partial charge on any atom is -0.497 e. The van der Waals surface area contributed by atoms with E-state index < -0.39 is 5.60 Å². The number of ether oxygens (including phenoxy) is 1. The molecule has 1 amide bonds. The van der Waals surface area contributed by atoms with E-state index in [-0.39, 0.29) is 12.5 Å². The first-order chi connectivity index (χ1) is 12.4. The van der Waals surface area contributed by atoms with Crippen molar-refractivity contribution >= 4 is 11.6 Å². The Hall–Kier alpha value is -2.86. The lowest BCUT2D eigenvalue weighted by Crippen LogP contribution is -2.42. The molecule has 2 heterocycles. The molecule has 3 rings (SSSR count). The molecular formula is C20H23N3O3. The Morgan fingerprint density at radius 2 is 2.00 bits per heavy atom. The van der Waals surface area contributed by atoms with E-state index >= 15 is 0 Å². The molecule has 0 unspecified atom stereocenters. The zero-order valence-corrected chi connectivity index (χ0v) is 15.2. The summed E-state index contributed by atoms with van der Waals surface area (Å²) in [6.45, 7) is 3.65. The number of pyridine rings is 1. The van der Waals surface area contributed by atoms with Crippen molar-refractivity contribution in [3.63, 3.8) is 0 Å². The lowest BCUT2D eigenvalue weighted by atomic mass is 9.96. The summed E-state index contributed by atoms with van der Waals surface area (Å²) >= 11 is 0. The van der Waals surface area contributed by atoms with E-state index in [0.717, 1.165) is 17.0 Å². The van der Waals surface area contributed by atoms with Gasteiger partial charge in [0, 0.05) is 19.2 Å². The second kappa shape index (κ2) is 7.17. The number of hydrogen-bond acceptors (Lipinski definition) is 4. The SMILES string of the molecule is COc1ccc(C[C@](C)(O)CNC(=O)c2c(C)nc3ccccn23)cc1. The summed E-state index contributed by atoms with van der Waals surface area (Å²) in [5.41, 5.74) is 1.76. The van der Waals surface area contributed by atoms with E-state index in [4.69, 9.17) is 4.74 Å². The van der Waals surface area contributed by atoms with Crippen molar-refractivity contribution in [3.05, 3.63) is 65.6 Å². The van der Waals surface area contributed by atoms with Crippen molar-refractivity contribution in [3.8, 4) is 5.75 Å². The highest BCUT2D eigenvalue weighted by Gasteiger charge is 2.24. The van der Waals surface area contributed by atoms with Gasteiger partial charge < -0.3 is 15.2 Å². The Kier molecular flexibility index (Phi) is 4.95. The number of nitrogens with zero attached hydrogens (tertiary/aromatic N) is 2. The predicted octanol–water partition coefficient (Wildman–Crippen LogP) is 2.37. The molecule has 2 aromatic heterocycles. The van der Waals surface area contributed by atoms with Crippen molar-refractivity contribution < 1.29 is 14.6 Å². The van der Waals surface area contributed by atoms with Crippen LogP contribution in [0.25, 0.3) is 5.65 Å². The van der Waals surface area contributed by atoms with Gasteiger partial charge >= 0.3 is 0 Å². The Morgan fingerprint density at radius 1 is 1.27 bits per heavy atom. The average Bonchev–Trinajstić information content (AvgIpc) is 2.96. The van der Waals surface area contributed by atoms with E-state index in [1.165, 1.54) is 0 Å². The van der Waals surface area contributed by atoms with Gasteiger partial charge in [0.2, 0.25) is 0 Å². The number of methoxy groups -OCH3 is 1. The Morgan fingerprint density at radius 3 is 2.69 bits per heavy atom. The summed E-state index contributed by atoms with van der Waals surface area (Å²) in [5.74, 6) is 0.515. The zero-order valence-electron chi connectivity index (χ0n) is 15.2. The fraction of sp³-hybridized carbons (Fsp3) is 0.300. The van der Waals surface area contributed by atoms with E-state index in [1.54, 1.807) is 31.6 Å². The molecule has 6 nitrogen and oxygen atoms in total. The molecule has 3 aromatic rings. The van der Waals surface area contributed by atoms with Crippen LogP contribution in [0.4, 0.5) is 0 Å². The topological polar surface area (TPSA) is 75.9 Å². The highest BCUT2D eigenvalue weighted by Crippen LogP contribution is 2.17. The summed E-state index contributed by atoms with van der Waals surface area (Å²) in [6.07, 6.45) is 2.23. The van der Waals surface area contributed by atoms with Crippen LogP contribution in [-0.4, -0.2) is 39.7 Å². The largest absolute Gasteiger partial charge is 0.497 e. The third-order valence-corrected chi connectivity index (χ3v) is 4.29. The normalized spacial score (nSPS) is 13.4. The lowest BCUT2D eigenvalue weighted by Gasteiger charge is -2.24. The highest BCUT2D eigenvalue weighted by molar-refractivity contribution is 5.94. The number of carbonyl (C=O) groups is 1. The molecule has 0 bridgehead atoms. The summed E-state index contributed by atoms with van der Waals surface area (Å²) in [6, 6.07) is 13.1. The quantitative estimate of drug-likeness (QED) is 0.713. The minimum absolute atomic E-state index is 0.136. The molecule has 0 aliphatic rings. The van der Waals surface area contributed by atoms with Crippen LogP contribution < -0.4 is 10.1 Å². The summed E-state index contributed by atoms with van der Waals surface area (Å²) in [4.78, 5) is 17.0. The van der Waals surface area contributed by atoms with Crippen LogP contribution in [0.2, 0.25) is 0 Å². The molecule has 136 valence electrons. The first-order valence-corrected chi connectivity index (χ1v) is 8.47. The first kappa shape index (κ1) is 17.9. The van der Waals surface area contributed by atoms with Gasteiger partial charge in [0.25, 0.3) is 5.91 Å². The molecule has 0 aliphatic carbocycles. The second-order valence-corrected chi connectivity index (χ2v) is 6.68. The molecule has 6 heteroatoms. The summed E-state index contributed by atoms with van der Waals surface area (Å²) in [5, 5.41) is 13.5. The molecule has 0 fully saturated rings. The zero-order chi connectivity index (χ0) is 18.7. The van der Waals surface area contributed by atoms with Crippen LogP contribution in [0.3, 0.4) is 0 Å². The molecule has 26 heavy (non-hydrogen) atoms. The maximum Gasteiger partial charge on any atom is 0.270 e. The smallest absolute Gasteiger partial charge is 0.270 e. The number of amides is 1. The fourth-order valence-corrected chi connectivity index (χ4v) is 2.99. The number of carbonyl (C=O) groups excluding carboxylic acids is 1. The van der Waals surface area contributed by atoms with Gasteiger partial charge in [-0.05, 0) is 43.7 Å². The van der Waals surface area contributed by atoms with Gasteiger partial charge in [0.1, 0.15) is 17.1 Å². The molecule has 1 aromatic carbocycles. The number of nitrogens with one attached hydrogen (secondary N) is 1. The van der Waals surface area contributed by atoms with E-state index in [9.17, 15) is 9.90 Å². The molecular weight excluding hydrogens is 330 g/mol. The van der Waals surface area contributed by atoms with Crippen molar-refractivity contribution in [2.75, 3.05) is 13.7 Å². The number of aryl methyl sites for hydroxylation is 1. The van der Waals surface area contributed by atoms with Gasteiger partial charge in [-0.2, -0.15) is 0 Å². The first-order valence-electron chi connectivity index (χ1n) is 8.47. The molecule has 0 spiro atoms. The van der Waals surface area contributed by atoms with Gasteiger partial charge in [0.15, 0.2) is 0 Å².